The van der Waals surface area contributed by atoms with E-state index in [1.165, 1.54) is 18.2 Å². The largest absolute Gasteiger partial charge is 0.485 e. The minimum absolute atomic E-state index is 0.0718. The highest BCUT2D eigenvalue weighted by Gasteiger charge is 2.10. The van der Waals surface area contributed by atoms with Crippen LogP contribution in [0.25, 0.3) is 0 Å². The Balaban J connectivity index is 2.03. The smallest absolute Gasteiger partial charge is 0.273 e. The van der Waals surface area contributed by atoms with E-state index in [9.17, 15) is 14.9 Å². The van der Waals surface area contributed by atoms with Gasteiger partial charge in [-0.3, -0.25) is 14.9 Å². The molecule has 0 atom stereocenters. The molecule has 0 unspecified atom stereocenters. The Morgan fingerprint density at radius 1 is 1.20 bits per heavy atom. The van der Waals surface area contributed by atoms with Crippen molar-refractivity contribution in [2.75, 3.05) is 6.61 Å². The summed E-state index contributed by atoms with van der Waals surface area (Å²) in [6.07, 6.45) is 0. The summed E-state index contributed by atoms with van der Waals surface area (Å²) in [5.41, 5.74) is 0.446. The lowest BCUT2D eigenvalue weighted by Crippen LogP contribution is -2.11. The molecule has 0 N–H and O–H groups in total. The van der Waals surface area contributed by atoms with Crippen molar-refractivity contribution in [1.82, 2.24) is 0 Å². The van der Waals surface area contributed by atoms with Crippen LogP contribution in [0.15, 0.2) is 53.0 Å². The summed E-state index contributed by atoms with van der Waals surface area (Å²) in [6.45, 7) is -0.169. The van der Waals surface area contributed by atoms with Crippen molar-refractivity contribution in [3.8, 4) is 5.75 Å². The average Bonchev–Trinajstić information content (AvgIpc) is 2.45. The number of carbonyl (C=O) groups is 1. The summed E-state index contributed by atoms with van der Waals surface area (Å²) in [7, 11) is 0. The Labute approximate surface area is 123 Å². The number of Topliss-reactive ketones (excluding diaryl/α,β-unsaturated/α-hetero) is 1. The first-order valence-corrected chi connectivity index (χ1v) is 6.51. The van der Waals surface area contributed by atoms with Crippen molar-refractivity contribution in [2.24, 2.45) is 0 Å². The molecule has 2 rings (SSSR count). The van der Waals surface area contributed by atoms with Gasteiger partial charge in [0.15, 0.2) is 12.4 Å². The lowest BCUT2D eigenvalue weighted by Gasteiger charge is -2.05. The molecule has 0 spiro atoms. The Bertz CT molecular complexity index is 657. The summed E-state index contributed by atoms with van der Waals surface area (Å²) in [5, 5.41) is 10.6. The van der Waals surface area contributed by atoms with E-state index in [0.29, 0.717) is 11.3 Å². The van der Waals surface area contributed by atoms with Crippen molar-refractivity contribution in [1.29, 1.82) is 0 Å². The van der Waals surface area contributed by atoms with Crippen molar-refractivity contribution >= 4 is 27.4 Å². The molecule has 0 fully saturated rings. The second kappa shape index (κ2) is 6.29. The number of nitrogens with zero attached hydrogens (tertiary/aromatic N) is 1. The van der Waals surface area contributed by atoms with E-state index >= 15 is 0 Å². The number of benzene rings is 2. The number of hydrogen-bond donors (Lipinski definition) is 0. The van der Waals surface area contributed by atoms with Crippen LogP contribution >= 0.6 is 15.9 Å². The van der Waals surface area contributed by atoms with E-state index in [4.69, 9.17) is 4.74 Å². The number of halogens is 1. The van der Waals surface area contributed by atoms with Gasteiger partial charge >= 0.3 is 0 Å². The first-order valence-electron chi connectivity index (χ1n) is 5.72. The van der Waals surface area contributed by atoms with E-state index in [1.54, 1.807) is 24.3 Å². The normalized spacial score (nSPS) is 10.1. The fourth-order valence-corrected chi connectivity index (χ4v) is 1.98. The van der Waals surface area contributed by atoms with Crippen LogP contribution in [-0.2, 0) is 0 Å². The van der Waals surface area contributed by atoms with Gasteiger partial charge in [0.25, 0.3) is 5.69 Å². The highest BCUT2D eigenvalue weighted by atomic mass is 79.9. The quantitative estimate of drug-likeness (QED) is 0.475. The third-order valence-electron chi connectivity index (χ3n) is 2.54. The minimum Gasteiger partial charge on any atom is -0.485 e. The van der Waals surface area contributed by atoms with Crippen LogP contribution < -0.4 is 4.74 Å². The lowest BCUT2D eigenvalue weighted by atomic mass is 10.1. The van der Waals surface area contributed by atoms with E-state index in [2.05, 4.69) is 15.9 Å². The topological polar surface area (TPSA) is 69.4 Å². The summed E-state index contributed by atoms with van der Waals surface area (Å²) in [4.78, 5) is 22.0. The molecule has 20 heavy (non-hydrogen) atoms. The fourth-order valence-electron chi connectivity index (χ4n) is 1.58. The van der Waals surface area contributed by atoms with E-state index in [-0.39, 0.29) is 18.1 Å². The summed E-state index contributed by atoms with van der Waals surface area (Å²) >= 11 is 3.28. The summed E-state index contributed by atoms with van der Waals surface area (Å²) < 4.78 is 6.09. The van der Waals surface area contributed by atoms with Gasteiger partial charge in [-0.25, -0.2) is 0 Å². The number of carbonyl (C=O) groups excluding carboxylic acids is 1. The Morgan fingerprint density at radius 2 is 1.95 bits per heavy atom. The van der Waals surface area contributed by atoms with Crippen LogP contribution in [0.5, 0.6) is 5.75 Å². The van der Waals surface area contributed by atoms with E-state index in [1.807, 2.05) is 6.07 Å². The first-order chi connectivity index (χ1) is 9.56. The number of nitro benzene ring substituents is 1. The molecule has 0 amide bonds. The van der Waals surface area contributed by atoms with Crippen LogP contribution in [0.3, 0.4) is 0 Å². The molecule has 0 bridgehead atoms. The average molecular weight is 336 g/mol. The Hall–Kier alpha value is -2.21. The molecule has 0 heterocycles. The molecule has 0 aromatic heterocycles. The SMILES string of the molecule is O=C(COc1cccc([N+](=O)[O-])c1)c1cccc(Br)c1. The molecule has 0 radical (unpaired) electrons. The molecule has 0 saturated heterocycles. The van der Waals surface area contributed by atoms with E-state index < -0.39 is 4.92 Å². The van der Waals surface area contributed by atoms with Crippen molar-refractivity contribution in [2.45, 2.75) is 0 Å². The molecule has 0 aliphatic heterocycles. The summed E-state index contributed by atoms with van der Waals surface area (Å²) in [5.74, 6) is 0.0975. The lowest BCUT2D eigenvalue weighted by molar-refractivity contribution is -0.384. The number of ketones is 1. The molecule has 0 saturated carbocycles. The molecular weight excluding hydrogens is 326 g/mol. The van der Waals surface area contributed by atoms with Gasteiger partial charge in [-0.05, 0) is 18.2 Å². The van der Waals surface area contributed by atoms with Gasteiger partial charge in [-0.2, -0.15) is 0 Å². The maximum Gasteiger partial charge on any atom is 0.273 e. The standard InChI is InChI=1S/C14H10BrNO4/c15-11-4-1-3-10(7-11)14(17)9-20-13-6-2-5-12(8-13)16(18)19/h1-8H,9H2. The Morgan fingerprint density at radius 3 is 2.65 bits per heavy atom. The second-order valence-corrected chi connectivity index (χ2v) is 4.89. The van der Waals surface area contributed by atoms with Gasteiger partial charge in [0.1, 0.15) is 5.75 Å². The van der Waals surface area contributed by atoms with Gasteiger partial charge in [0, 0.05) is 16.1 Å². The Kier molecular flexibility index (Phi) is 4.47. The number of non-ortho nitro benzene ring substituents is 1. The molecule has 0 aliphatic carbocycles. The zero-order chi connectivity index (χ0) is 14.5. The maximum atomic E-state index is 11.9. The number of hydrogen-bond acceptors (Lipinski definition) is 4. The minimum atomic E-state index is -0.511. The monoisotopic (exact) mass is 335 g/mol. The first kappa shape index (κ1) is 14.2. The van der Waals surface area contributed by atoms with Crippen LogP contribution in [0, 0.1) is 10.1 Å². The number of ether oxygens (including phenoxy) is 1. The highest BCUT2D eigenvalue weighted by Crippen LogP contribution is 2.19. The molecule has 0 aliphatic rings. The maximum absolute atomic E-state index is 11.9. The van der Waals surface area contributed by atoms with Gasteiger partial charge in [0.2, 0.25) is 0 Å². The molecule has 102 valence electrons. The van der Waals surface area contributed by atoms with Crippen LogP contribution in [0.4, 0.5) is 5.69 Å². The van der Waals surface area contributed by atoms with Crippen molar-refractivity contribution in [3.63, 3.8) is 0 Å². The van der Waals surface area contributed by atoms with Gasteiger partial charge in [-0.1, -0.05) is 34.1 Å². The molecule has 5 nitrogen and oxygen atoms in total. The molecule has 2 aromatic rings. The molecular formula is C14H10BrNO4. The predicted octanol–water partition coefficient (Wildman–Crippen LogP) is 3.62. The zero-order valence-corrected chi connectivity index (χ0v) is 11.9. The third kappa shape index (κ3) is 3.64. The third-order valence-corrected chi connectivity index (χ3v) is 3.04. The number of rotatable bonds is 5. The summed E-state index contributed by atoms with van der Waals surface area (Å²) in [6, 6.07) is 12.7. The van der Waals surface area contributed by atoms with Gasteiger partial charge in [-0.15, -0.1) is 0 Å². The van der Waals surface area contributed by atoms with Crippen molar-refractivity contribution in [3.05, 3.63) is 68.7 Å². The van der Waals surface area contributed by atoms with Crippen molar-refractivity contribution < 1.29 is 14.5 Å². The number of nitro groups is 1. The van der Waals surface area contributed by atoms with Gasteiger partial charge in [0.05, 0.1) is 11.0 Å². The fraction of sp³-hybridized carbons (Fsp3) is 0.0714. The molecule has 2 aromatic carbocycles. The van der Waals surface area contributed by atoms with Crippen LogP contribution in [-0.4, -0.2) is 17.3 Å². The highest BCUT2D eigenvalue weighted by molar-refractivity contribution is 9.10. The predicted molar refractivity (Wildman–Crippen MR) is 77.1 cm³/mol. The second-order valence-electron chi connectivity index (χ2n) is 3.98. The molecule has 6 heteroatoms. The zero-order valence-electron chi connectivity index (χ0n) is 10.3. The van der Waals surface area contributed by atoms with Gasteiger partial charge < -0.3 is 4.74 Å². The van der Waals surface area contributed by atoms with Crippen LogP contribution in [0.1, 0.15) is 10.4 Å². The van der Waals surface area contributed by atoms with Crippen LogP contribution in [0.2, 0.25) is 0 Å². The van der Waals surface area contributed by atoms with E-state index in [0.717, 1.165) is 4.47 Å².